The number of nitrogen functional groups attached to an aromatic ring is 1. The summed E-state index contributed by atoms with van der Waals surface area (Å²) in [5.74, 6) is 1.34. The fraction of sp³-hybridized carbons (Fsp3) is 0.167. The van der Waals surface area contributed by atoms with Gasteiger partial charge in [-0.2, -0.15) is 15.0 Å². The molecule has 1 atom stereocenters. The highest BCUT2D eigenvalue weighted by molar-refractivity contribution is 7.99. The number of anilines is 3. The molecule has 3 N–H and O–H groups in total. The molecule has 5 nitrogen and oxygen atoms in total. The smallest absolute Gasteiger partial charge is 0.232 e. The van der Waals surface area contributed by atoms with Crippen LogP contribution in [0.15, 0.2) is 59.5 Å². The third-order valence-corrected chi connectivity index (χ3v) is 4.74. The Morgan fingerprint density at radius 2 is 1.67 bits per heavy atom. The Balaban J connectivity index is 1.81. The number of nitrogens with two attached hydrogens (primary N) is 1. The minimum Gasteiger partial charge on any atom is -0.368 e. The SMILES string of the molecule is Cc1ccccc1SC(C)c1nc(N)nc(Nc2ccccc2)n1. The van der Waals surface area contributed by atoms with E-state index in [1.807, 2.05) is 42.5 Å². The van der Waals surface area contributed by atoms with Gasteiger partial charge < -0.3 is 11.1 Å². The first-order valence-corrected chi connectivity index (χ1v) is 8.55. The zero-order chi connectivity index (χ0) is 16.9. The fourth-order valence-electron chi connectivity index (χ4n) is 2.23. The van der Waals surface area contributed by atoms with Crippen LogP contribution in [0.4, 0.5) is 17.6 Å². The largest absolute Gasteiger partial charge is 0.368 e. The van der Waals surface area contributed by atoms with Gasteiger partial charge in [-0.05, 0) is 37.6 Å². The van der Waals surface area contributed by atoms with Crippen molar-refractivity contribution in [1.29, 1.82) is 0 Å². The number of aryl methyl sites for hydroxylation is 1. The van der Waals surface area contributed by atoms with Crippen LogP contribution in [-0.4, -0.2) is 15.0 Å². The highest BCUT2D eigenvalue weighted by Gasteiger charge is 2.14. The minimum atomic E-state index is 0.0627. The van der Waals surface area contributed by atoms with Crippen molar-refractivity contribution < 1.29 is 0 Å². The Bertz CT molecular complexity index is 823. The second-order valence-electron chi connectivity index (χ2n) is 5.39. The van der Waals surface area contributed by atoms with E-state index in [4.69, 9.17) is 5.73 Å². The van der Waals surface area contributed by atoms with Gasteiger partial charge >= 0.3 is 0 Å². The van der Waals surface area contributed by atoms with Gasteiger partial charge in [-0.1, -0.05) is 36.4 Å². The van der Waals surface area contributed by atoms with Crippen LogP contribution in [0.25, 0.3) is 0 Å². The van der Waals surface area contributed by atoms with E-state index in [-0.39, 0.29) is 11.2 Å². The lowest BCUT2D eigenvalue weighted by Gasteiger charge is -2.13. The minimum absolute atomic E-state index is 0.0627. The lowest BCUT2D eigenvalue weighted by molar-refractivity contribution is 0.895. The number of nitrogens with one attached hydrogen (secondary N) is 1. The summed E-state index contributed by atoms with van der Waals surface area (Å²) in [6.07, 6.45) is 0. The van der Waals surface area contributed by atoms with Crippen molar-refractivity contribution in [2.45, 2.75) is 24.0 Å². The number of para-hydroxylation sites is 1. The Labute approximate surface area is 145 Å². The van der Waals surface area contributed by atoms with Crippen molar-refractivity contribution in [2.75, 3.05) is 11.1 Å². The molecule has 0 saturated heterocycles. The van der Waals surface area contributed by atoms with Gasteiger partial charge in [-0.15, -0.1) is 11.8 Å². The first-order valence-electron chi connectivity index (χ1n) is 7.67. The van der Waals surface area contributed by atoms with Crippen molar-refractivity contribution in [3.05, 3.63) is 66.0 Å². The molecule has 1 heterocycles. The van der Waals surface area contributed by atoms with E-state index < -0.39 is 0 Å². The first-order chi connectivity index (χ1) is 11.6. The number of hydrogen-bond acceptors (Lipinski definition) is 6. The summed E-state index contributed by atoms with van der Waals surface area (Å²) in [4.78, 5) is 14.2. The van der Waals surface area contributed by atoms with Crippen molar-refractivity contribution >= 4 is 29.3 Å². The van der Waals surface area contributed by atoms with Crippen LogP contribution in [0.1, 0.15) is 23.6 Å². The van der Waals surface area contributed by atoms with Crippen LogP contribution < -0.4 is 11.1 Å². The van der Waals surface area contributed by atoms with Crippen molar-refractivity contribution in [3.63, 3.8) is 0 Å². The number of benzene rings is 2. The average Bonchev–Trinajstić information content (AvgIpc) is 2.57. The van der Waals surface area contributed by atoms with Gasteiger partial charge in [0, 0.05) is 10.6 Å². The molecule has 24 heavy (non-hydrogen) atoms. The van der Waals surface area contributed by atoms with Gasteiger partial charge in [-0.25, -0.2) is 0 Å². The van der Waals surface area contributed by atoms with E-state index in [0.29, 0.717) is 11.8 Å². The molecule has 6 heteroatoms. The van der Waals surface area contributed by atoms with Gasteiger partial charge in [-0.3, -0.25) is 0 Å². The second kappa shape index (κ2) is 7.31. The summed E-state index contributed by atoms with van der Waals surface area (Å²) in [6.45, 7) is 4.16. The molecule has 1 aromatic heterocycles. The second-order valence-corrected chi connectivity index (χ2v) is 6.77. The van der Waals surface area contributed by atoms with Crippen molar-refractivity contribution in [3.8, 4) is 0 Å². The quantitative estimate of drug-likeness (QED) is 0.674. The summed E-state index contributed by atoms with van der Waals surface area (Å²) in [5, 5.41) is 3.23. The summed E-state index contributed by atoms with van der Waals surface area (Å²) < 4.78 is 0. The molecule has 2 aromatic carbocycles. The Hall–Kier alpha value is -2.60. The molecule has 0 aliphatic rings. The lowest BCUT2D eigenvalue weighted by atomic mass is 10.2. The van der Waals surface area contributed by atoms with E-state index in [1.165, 1.54) is 10.5 Å². The highest BCUT2D eigenvalue weighted by Crippen LogP contribution is 2.35. The Kier molecular flexibility index (Phi) is 4.96. The molecule has 0 aliphatic carbocycles. The lowest BCUT2D eigenvalue weighted by Crippen LogP contribution is -2.08. The highest BCUT2D eigenvalue weighted by atomic mass is 32.2. The molecule has 0 fully saturated rings. The molecule has 0 bridgehead atoms. The molecular weight excluding hydrogens is 318 g/mol. The Morgan fingerprint density at radius 1 is 0.958 bits per heavy atom. The van der Waals surface area contributed by atoms with Crippen LogP contribution in [-0.2, 0) is 0 Å². The maximum atomic E-state index is 5.86. The summed E-state index contributed by atoms with van der Waals surface area (Å²) >= 11 is 1.71. The summed E-state index contributed by atoms with van der Waals surface area (Å²) in [7, 11) is 0. The van der Waals surface area contributed by atoms with Crippen LogP contribution in [0.2, 0.25) is 0 Å². The first kappa shape index (κ1) is 16.3. The number of thioether (sulfide) groups is 1. The van der Waals surface area contributed by atoms with Crippen LogP contribution >= 0.6 is 11.8 Å². The van der Waals surface area contributed by atoms with E-state index in [2.05, 4.69) is 46.2 Å². The van der Waals surface area contributed by atoms with E-state index in [9.17, 15) is 0 Å². The van der Waals surface area contributed by atoms with Crippen LogP contribution in [0, 0.1) is 6.92 Å². The van der Waals surface area contributed by atoms with Gasteiger partial charge in [0.15, 0.2) is 0 Å². The third kappa shape index (κ3) is 4.02. The number of aromatic nitrogens is 3. The summed E-state index contributed by atoms with van der Waals surface area (Å²) in [6, 6.07) is 18.0. The molecule has 0 spiro atoms. The normalized spacial score (nSPS) is 11.9. The zero-order valence-corrected chi connectivity index (χ0v) is 14.4. The van der Waals surface area contributed by atoms with Crippen LogP contribution in [0.5, 0.6) is 0 Å². The maximum Gasteiger partial charge on any atom is 0.232 e. The van der Waals surface area contributed by atoms with E-state index in [0.717, 1.165) is 5.69 Å². The average molecular weight is 337 g/mol. The van der Waals surface area contributed by atoms with Crippen LogP contribution in [0.3, 0.4) is 0 Å². The topological polar surface area (TPSA) is 76.7 Å². The molecule has 1 unspecified atom stereocenters. The molecule has 0 saturated carbocycles. The molecule has 3 aromatic rings. The molecule has 122 valence electrons. The monoisotopic (exact) mass is 337 g/mol. The maximum absolute atomic E-state index is 5.86. The number of hydrogen-bond donors (Lipinski definition) is 2. The standard InChI is InChI=1S/C18H19N5S/c1-12-8-6-7-11-15(12)24-13(2)16-21-17(19)23-18(22-16)20-14-9-4-3-5-10-14/h3-11,13H,1-2H3,(H3,19,20,21,22,23). The molecular formula is C18H19N5S. The Morgan fingerprint density at radius 3 is 2.42 bits per heavy atom. The van der Waals surface area contributed by atoms with Gasteiger partial charge in [0.05, 0.1) is 5.25 Å². The van der Waals surface area contributed by atoms with Gasteiger partial charge in [0.1, 0.15) is 5.82 Å². The number of rotatable bonds is 5. The van der Waals surface area contributed by atoms with Crippen molar-refractivity contribution in [2.24, 2.45) is 0 Å². The fourth-order valence-corrected chi connectivity index (χ4v) is 3.23. The van der Waals surface area contributed by atoms with Crippen molar-refractivity contribution in [1.82, 2.24) is 15.0 Å². The molecule has 0 amide bonds. The molecule has 0 radical (unpaired) electrons. The predicted molar refractivity (Wildman–Crippen MR) is 99.4 cm³/mol. The van der Waals surface area contributed by atoms with Gasteiger partial charge in [0.25, 0.3) is 0 Å². The zero-order valence-electron chi connectivity index (χ0n) is 13.6. The van der Waals surface area contributed by atoms with E-state index in [1.54, 1.807) is 11.8 Å². The predicted octanol–water partition coefficient (Wildman–Crippen LogP) is 4.36. The third-order valence-electron chi connectivity index (χ3n) is 3.46. The molecule has 3 rings (SSSR count). The van der Waals surface area contributed by atoms with E-state index >= 15 is 0 Å². The van der Waals surface area contributed by atoms with Gasteiger partial charge in [0.2, 0.25) is 11.9 Å². The summed E-state index contributed by atoms with van der Waals surface area (Å²) in [5.41, 5.74) is 8.01. The molecule has 0 aliphatic heterocycles. The number of nitrogens with zero attached hydrogens (tertiary/aromatic N) is 3.